The minimum Gasteiger partial charge on any atom is -0.507 e. The van der Waals surface area contributed by atoms with Gasteiger partial charge >= 0.3 is 0 Å². The first-order valence-electron chi connectivity index (χ1n) is 4.86. The zero-order valence-corrected chi connectivity index (χ0v) is 10.2. The van der Waals surface area contributed by atoms with Crippen molar-refractivity contribution in [2.75, 3.05) is 0 Å². The molecule has 0 saturated carbocycles. The number of halogens is 1. The van der Waals surface area contributed by atoms with Gasteiger partial charge < -0.3 is 5.11 Å². The molecule has 0 aliphatic carbocycles. The van der Waals surface area contributed by atoms with E-state index in [4.69, 9.17) is 11.6 Å². The lowest BCUT2D eigenvalue weighted by Crippen LogP contribution is -2.08. The molecule has 4 heteroatoms. The number of rotatable bonds is 3. The zero-order chi connectivity index (χ0) is 12.5. The maximum absolute atomic E-state index is 11.7. The SMILES string of the molecule is CC(=O)CC(=O)c1c(O)cc(C)c(Cl)c1C. The molecule has 1 aromatic rings. The molecule has 86 valence electrons. The molecule has 0 atom stereocenters. The summed E-state index contributed by atoms with van der Waals surface area (Å²) >= 11 is 5.99. The first kappa shape index (κ1) is 12.7. The molecule has 0 aliphatic heterocycles. The maximum Gasteiger partial charge on any atom is 0.174 e. The quantitative estimate of drug-likeness (QED) is 0.653. The highest BCUT2D eigenvalue weighted by Crippen LogP contribution is 2.31. The van der Waals surface area contributed by atoms with Crippen molar-refractivity contribution in [1.29, 1.82) is 0 Å². The van der Waals surface area contributed by atoms with Crippen LogP contribution in [0.4, 0.5) is 0 Å². The lowest BCUT2D eigenvalue weighted by molar-refractivity contribution is -0.116. The van der Waals surface area contributed by atoms with E-state index in [9.17, 15) is 14.7 Å². The normalized spacial score (nSPS) is 10.2. The molecule has 0 radical (unpaired) electrons. The second kappa shape index (κ2) is 4.66. The van der Waals surface area contributed by atoms with Crippen LogP contribution in [0.2, 0.25) is 5.02 Å². The number of benzene rings is 1. The summed E-state index contributed by atoms with van der Waals surface area (Å²) in [5.74, 6) is -0.754. The van der Waals surface area contributed by atoms with Gasteiger partial charge in [0.1, 0.15) is 11.5 Å². The molecule has 1 rings (SSSR count). The van der Waals surface area contributed by atoms with Gasteiger partial charge in [-0.25, -0.2) is 0 Å². The van der Waals surface area contributed by atoms with E-state index >= 15 is 0 Å². The van der Waals surface area contributed by atoms with Crippen molar-refractivity contribution in [2.24, 2.45) is 0 Å². The lowest BCUT2D eigenvalue weighted by atomic mass is 9.98. The predicted molar refractivity (Wildman–Crippen MR) is 62.2 cm³/mol. The summed E-state index contributed by atoms with van der Waals surface area (Å²) in [6.45, 7) is 4.73. The number of Topliss-reactive ketones (excluding diaryl/α,β-unsaturated/α-hetero) is 2. The molecule has 0 amide bonds. The molecule has 0 aliphatic rings. The number of carbonyl (C=O) groups is 2. The molecule has 0 unspecified atom stereocenters. The van der Waals surface area contributed by atoms with E-state index in [0.717, 1.165) is 0 Å². The van der Waals surface area contributed by atoms with Crippen LogP contribution in [0.1, 0.15) is 34.8 Å². The molecule has 1 aromatic carbocycles. The topological polar surface area (TPSA) is 54.4 Å². The fourth-order valence-corrected chi connectivity index (χ4v) is 1.75. The average Bonchev–Trinajstić information content (AvgIpc) is 2.13. The molecule has 0 fully saturated rings. The first-order chi connectivity index (χ1) is 7.34. The minimum absolute atomic E-state index is 0.120. The molecular weight excluding hydrogens is 228 g/mol. The van der Waals surface area contributed by atoms with Gasteiger partial charge in [-0.15, -0.1) is 0 Å². The van der Waals surface area contributed by atoms with Crippen molar-refractivity contribution in [3.8, 4) is 5.75 Å². The Morgan fingerprint density at radius 3 is 2.44 bits per heavy atom. The number of hydrogen-bond acceptors (Lipinski definition) is 3. The Hall–Kier alpha value is -1.35. The second-order valence-corrected chi connectivity index (χ2v) is 4.21. The van der Waals surface area contributed by atoms with Gasteiger partial charge in [-0.1, -0.05) is 11.6 Å². The molecule has 0 bridgehead atoms. The summed E-state index contributed by atoms with van der Waals surface area (Å²) in [7, 11) is 0. The van der Waals surface area contributed by atoms with Crippen molar-refractivity contribution in [2.45, 2.75) is 27.2 Å². The summed E-state index contributed by atoms with van der Waals surface area (Å²) in [6.07, 6.45) is -0.214. The fraction of sp³-hybridized carbons (Fsp3) is 0.333. The van der Waals surface area contributed by atoms with Gasteiger partial charge in [-0.05, 0) is 38.0 Å². The van der Waals surface area contributed by atoms with E-state index in [0.29, 0.717) is 16.1 Å². The predicted octanol–water partition coefficient (Wildman–Crippen LogP) is 2.82. The zero-order valence-electron chi connectivity index (χ0n) is 9.43. The summed E-state index contributed by atoms with van der Waals surface area (Å²) in [6, 6.07) is 1.43. The Kier molecular flexibility index (Phi) is 3.70. The van der Waals surface area contributed by atoms with Crippen LogP contribution in [-0.4, -0.2) is 16.7 Å². The van der Waals surface area contributed by atoms with E-state index in [-0.39, 0.29) is 23.5 Å². The Bertz CT molecular complexity index is 464. The highest BCUT2D eigenvalue weighted by atomic mass is 35.5. The Labute approximate surface area is 99.0 Å². The maximum atomic E-state index is 11.7. The number of carbonyl (C=O) groups excluding carboxylic acids is 2. The first-order valence-corrected chi connectivity index (χ1v) is 5.23. The van der Waals surface area contributed by atoms with Crippen molar-refractivity contribution in [3.05, 3.63) is 27.8 Å². The highest BCUT2D eigenvalue weighted by molar-refractivity contribution is 6.33. The van der Waals surface area contributed by atoms with Gasteiger partial charge in [0.2, 0.25) is 0 Å². The average molecular weight is 241 g/mol. The van der Waals surface area contributed by atoms with Crippen molar-refractivity contribution >= 4 is 23.2 Å². The molecule has 0 heterocycles. The van der Waals surface area contributed by atoms with Crippen LogP contribution in [-0.2, 0) is 4.79 Å². The second-order valence-electron chi connectivity index (χ2n) is 3.83. The Balaban J connectivity index is 3.29. The monoisotopic (exact) mass is 240 g/mol. The van der Waals surface area contributed by atoms with Crippen LogP contribution in [0.15, 0.2) is 6.07 Å². The van der Waals surface area contributed by atoms with E-state index < -0.39 is 5.78 Å². The number of aromatic hydroxyl groups is 1. The third-order valence-corrected chi connectivity index (χ3v) is 2.93. The highest BCUT2D eigenvalue weighted by Gasteiger charge is 2.19. The van der Waals surface area contributed by atoms with Crippen molar-refractivity contribution < 1.29 is 14.7 Å². The third-order valence-electron chi connectivity index (χ3n) is 2.35. The van der Waals surface area contributed by atoms with Crippen LogP contribution < -0.4 is 0 Å². The molecule has 16 heavy (non-hydrogen) atoms. The van der Waals surface area contributed by atoms with E-state index in [2.05, 4.69) is 0 Å². The van der Waals surface area contributed by atoms with Crippen LogP contribution in [0.5, 0.6) is 5.75 Å². The smallest absolute Gasteiger partial charge is 0.174 e. The number of ketones is 2. The largest absolute Gasteiger partial charge is 0.507 e. The van der Waals surface area contributed by atoms with Crippen molar-refractivity contribution in [1.82, 2.24) is 0 Å². The van der Waals surface area contributed by atoms with Gasteiger partial charge in [0.25, 0.3) is 0 Å². The summed E-state index contributed by atoms with van der Waals surface area (Å²) in [5.41, 5.74) is 1.37. The van der Waals surface area contributed by atoms with Gasteiger partial charge in [0, 0.05) is 5.02 Å². The van der Waals surface area contributed by atoms with E-state index in [1.807, 2.05) is 0 Å². The summed E-state index contributed by atoms with van der Waals surface area (Å²) in [5, 5.41) is 10.1. The lowest BCUT2D eigenvalue weighted by Gasteiger charge is -2.10. The van der Waals surface area contributed by atoms with Gasteiger partial charge in [0.05, 0.1) is 12.0 Å². The van der Waals surface area contributed by atoms with Gasteiger partial charge in [0.15, 0.2) is 5.78 Å². The minimum atomic E-state index is -0.399. The van der Waals surface area contributed by atoms with Gasteiger partial charge in [-0.2, -0.15) is 0 Å². The summed E-state index contributed by atoms with van der Waals surface area (Å²) < 4.78 is 0. The van der Waals surface area contributed by atoms with E-state index in [1.165, 1.54) is 13.0 Å². The number of phenols is 1. The number of hydrogen-bond donors (Lipinski definition) is 1. The van der Waals surface area contributed by atoms with Gasteiger partial charge in [-0.3, -0.25) is 9.59 Å². The molecule has 0 spiro atoms. The standard InChI is InChI=1S/C12H13ClO3/c1-6-4-9(15)11(8(3)12(6)13)10(16)5-7(2)14/h4,15H,5H2,1-3H3. The Morgan fingerprint density at radius 1 is 1.38 bits per heavy atom. The van der Waals surface area contributed by atoms with Crippen LogP contribution >= 0.6 is 11.6 Å². The molecular formula is C12H13ClO3. The summed E-state index contributed by atoms with van der Waals surface area (Å²) in [4.78, 5) is 22.6. The molecule has 3 nitrogen and oxygen atoms in total. The van der Waals surface area contributed by atoms with Crippen LogP contribution in [0, 0.1) is 13.8 Å². The molecule has 0 aromatic heterocycles. The number of phenolic OH excluding ortho intramolecular Hbond substituents is 1. The van der Waals surface area contributed by atoms with Crippen LogP contribution in [0.25, 0.3) is 0 Å². The number of aryl methyl sites for hydroxylation is 1. The van der Waals surface area contributed by atoms with Crippen LogP contribution in [0.3, 0.4) is 0 Å². The third kappa shape index (κ3) is 2.42. The van der Waals surface area contributed by atoms with E-state index in [1.54, 1.807) is 13.8 Å². The fourth-order valence-electron chi connectivity index (χ4n) is 1.60. The van der Waals surface area contributed by atoms with Crippen molar-refractivity contribution in [3.63, 3.8) is 0 Å². The molecule has 1 N–H and O–H groups in total. The molecule has 0 saturated heterocycles. The Morgan fingerprint density at radius 2 is 1.94 bits per heavy atom.